The zero-order valence-electron chi connectivity index (χ0n) is 14.5. The highest BCUT2D eigenvalue weighted by Crippen LogP contribution is 2.18. The molecule has 0 bridgehead atoms. The summed E-state index contributed by atoms with van der Waals surface area (Å²) in [6.45, 7) is 2.08. The minimum atomic E-state index is -0.847. The van der Waals surface area contributed by atoms with Gasteiger partial charge in [-0.3, -0.25) is 9.69 Å². The molecule has 0 saturated carbocycles. The zero-order chi connectivity index (χ0) is 18.7. The van der Waals surface area contributed by atoms with Crippen LogP contribution < -0.4 is 0 Å². The third-order valence-corrected chi connectivity index (χ3v) is 4.42. The van der Waals surface area contributed by atoms with Gasteiger partial charge in [0.15, 0.2) is 0 Å². The Bertz CT molecular complexity index is 566. The van der Waals surface area contributed by atoms with Crippen molar-refractivity contribution in [3.63, 3.8) is 0 Å². The van der Waals surface area contributed by atoms with Crippen molar-refractivity contribution in [2.24, 2.45) is 0 Å². The van der Waals surface area contributed by atoms with Crippen LogP contribution in [0.3, 0.4) is 0 Å². The van der Waals surface area contributed by atoms with Crippen LogP contribution >= 0.6 is 36.4 Å². The van der Waals surface area contributed by atoms with E-state index in [1.807, 2.05) is 30.3 Å². The highest BCUT2D eigenvalue weighted by Gasteiger charge is 2.26. The second kappa shape index (κ2) is 12.5. The van der Waals surface area contributed by atoms with Crippen LogP contribution in [0.1, 0.15) is 38.2 Å². The molecule has 0 aliphatic carbocycles. The molecule has 1 N–H and O–H groups in total. The number of rotatable bonds is 10. The third kappa shape index (κ3) is 8.36. The lowest BCUT2D eigenvalue weighted by atomic mass is 10.0. The molecule has 1 rings (SSSR count). The molecule has 0 spiro atoms. The van der Waals surface area contributed by atoms with Crippen LogP contribution in [-0.4, -0.2) is 38.3 Å². The summed E-state index contributed by atoms with van der Waals surface area (Å²) in [6.07, 6.45) is 5.63. The Morgan fingerprint density at radius 2 is 2.08 bits per heavy atom. The Morgan fingerprint density at radius 3 is 2.64 bits per heavy atom. The van der Waals surface area contributed by atoms with Crippen molar-refractivity contribution in [1.82, 2.24) is 4.90 Å². The van der Waals surface area contributed by atoms with Crippen molar-refractivity contribution >= 4 is 46.7 Å². The number of alkyl halides is 1. The summed E-state index contributed by atoms with van der Waals surface area (Å²) in [6, 6.07) is 9.94. The number of halogens is 1. The number of hydrogen-bond donors (Lipinski definition) is 2. The van der Waals surface area contributed by atoms with E-state index < -0.39 is 6.10 Å². The van der Waals surface area contributed by atoms with E-state index in [1.54, 1.807) is 17.1 Å². The first-order chi connectivity index (χ1) is 12.0. The standard InChI is InChI=1S/C19H26ClNO2S2/c1-2-8-16(13-15-9-4-3-5-10-15)21(19(24)25)18(23)14-17(22)11-6-7-12-20/h3-6,9-11,16-17,22H,2,7-8,12-14H2,1H3,(H,24,25)/b11-6+/t16-,17+/m0/s1. The first kappa shape index (κ1) is 22.2. The molecule has 2 atom stereocenters. The average Bonchev–Trinajstić information content (AvgIpc) is 2.56. The number of hydrogen-bond acceptors (Lipinski definition) is 3. The predicted octanol–water partition coefficient (Wildman–Crippen LogP) is 4.38. The molecule has 0 aromatic heterocycles. The lowest BCUT2D eigenvalue weighted by Gasteiger charge is -2.31. The van der Waals surface area contributed by atoms with Gasteiger partial charge in [0.1, 0.15) is 4.32 Å². The van der Waals surface area contributed by atoms with Crippen LogP contribution in [0.2, 0.25) is 0 Å². The normalized spacial score (nSPS) is 13.6. The summed E-state index contributed by atoms with van der Waals surface area (Å²) >= 11 is 15.1. The molecule has 6 heteroatoms. The quantitative estimate of drug-likeness (QED) is 0.265. The Morgan fingerprint density at radius 1 is 1.40 bits per heavy atom. The van der Waals surface area contributed by atoms with Gasteiger partial charge in [-0.15, -0.1) is 24.2 Å². The molecular formula is C19H26ClNO2S2. The molecule has 0 aliphatic rings. The van der Waals surface area contributed by atoms with Gasteiger partial charge in [0.25, 0.3) is 0 Å². The second-order valence-electron chi connectivity index (χ2n) is 5.86. The third-order valence-electron chi connectivity index (χ3n) is 3.79. The Kier molecular flexibility index (Phi) is 11.1. The highest BCUT2D eigenvalue weighted by atomic mass is 35.5. The maximum absolute atomic E-state index is 12.7. The van der Waals surface area contributed by atoms with Gasteiger partial charge in [0.05, 0.1) is 12.5 Å². The number of benzene rings is 1. The molecule has 0 radical (unpaired) electrons. The number of amides is 1. The fourth-order valence-corrected chi connectivity index (χ4v) is 3.32. The summed E-state index contributed by atoms with van der Waals surface area (Å²) in [7, 11) is 0. The van der Waals surface area contributed by atoms with Gasteiger partial charge in [-0.1, -0.05) is 68.0 Å². The van der Waals surface area contributed by atoms with Crippen LogP contribution in [0.25, 0.3) is 0 Å². The van der Waals surface area contributed by atoms with Crippen LogP contribution in [0.15, 0.2) is 42.5 Å². The molecule has 3 nitrogen and oxygen atoms in total. The molecule has 1 aromatic rings. The largest absolute Gasteiger partial charge is 0.389 e. The number of nitrogens with zero attached hydrogens (tertiary/aromatic N) is 1. The summed E-state index contributed by atoms with van der Waals surface area (Å²) in [5, 5.41) is 10.0. The number of thiol groups is 1. The van der Waals surface area contributed by atoms with E-state index in [2.05, 4.69) is 19.6 Å². The number of aliphatic hydroxyl groups is 1. The van der Waals surface area contributed by atoms with E-state index in [1.165, 1.54) is 0 Å². The van der Waals surface area contributed by atoms with E-state index in [0.29, 0.717) is 18.7 Å². The summed E-state index contributed by atoms with van der Waals surface area (Å²) in [4.78, 5) is 14.3. The van der Waals surface area contributed by atoms with E-state index in [9.17, 15) is 9.90 Å². The molecule has 0 saturated heterocycles. The molecular weight excluding hydrogens is 374 g/mol. The zero-order valence-corrected chi connectivity index (χ0v) is 16.9. The van der Waals surface area contributed by atoms with Gasteiger partial charge < -0.3 is 5.11 Å². The smallest absolute Gasteiger partial charge is 0.231 e. The van der Waals surface area contributed by atoms with Gasteiger partial charge in [-0.2, -0.15) is 0 Å². The van der Waals surface area contributed by atoms with Crippen molar-refractivity contribution in [3.8, 4) is 0 Å². The molecule has 1 aromatic carbocycles. The van der Waals surface area contributed by atoms with Gasteiger partial charge >= 0.3 is 0 Å². The molecule has 0 fully saturated rings. The number of allylic oxidation sites excluding steroid dienone is 1. The summed E-state index contributed by atoms with van der Waals surface area (Å²) < 4.78 is 0.247. The van der Waals surface area contributed by atoms with Crippen LogP contribution in [0.4, 0.5) is 0 Å². The van der Waals surface area contributed by atoms with E-state index >= 15 is 0 Å². The molecule has 0 aliphatic heterocycles. The monoisotopic (exact) mass is 399 g/mol. The first-order valence-electron chi connectivity index (χ1n) is 8.49. The Labute approximate surface area is 166 Å². The van der Waals surface area contributed by atoms with Crippen LogP contribution in [-0.2, 0) is 11.2 Å². The first-order valence-corrected chi connectivity index (χ1v) is 9.88. The van der Waals surface area contributed by atoms with Gasteiger partial charge in [-0.25, -0.2) is 0 Å². The lowest BCUT2D eigenvalue weighted by molar-refractivity contribution is -0.130. The Balaban J connectivity index is 2.85. The molecule has 1 amide bonds. The van der Waals surface area contributed by atoms with E-state index in [0.717, 1.165) is 18.4 Å². The van der Waals surface area contributed by atoms with Crippen LogP contribution in [0.5, 0.6) is 0 Å². The number of carbonyl (C=O) groups is 1. The van der Waals surface area contributed by atoms with Crippen molar-refractivity contribution in [2.75, 3.05) is 5.88 Å². The summed E-state index contributed by atoms with van der Waals surface area (Å²) in [5.41, 5.74) is 1.14. The molecule has 138 valence electrons. The molecule has 0 heterocycles. The fraction of sp³-hybridized carbons (Fsp3) is 0.474. The van der Waals surface area contributed by atoms with Crippen molar-refractivity contribution < 1.29 is 9.90 Å². The second-order valence-corrected chi connectivity index (χ2v) is 7.35. The number of thiocarbonyl (C=S) groups is 1. The van der Waals surface area contributed by atoms with Crippen molar-refractivity contribution in [3.05, 3.63) is 48.0 Å². The fourth-order valence-electron chi connectivity index (χ4n) is 2.67. The molecule has 25 heavy (non-hydrogen) atoms. The van der Waals surface area contributed by atoms with Gasteiger partial charge in [0.2, 0.25) is 5.91 Å². The van der Waals surface area contributed by atoms with Crippen molar-refractivity contribution in [2.45, 2.75) is 51.2 Å². The number of aliphatic hydroxyl groups excluding tert-OH is 1. The topological polar surface area (TPSA) is 40.5 Å². The maximum Gasteiger partial charge on any atom is 0.231 e. The van der Waals surface area contributed by atoms with Crippen LogP contribution in [0, 0.1) is 0 Å². The summed E-state index contributed by atoms with van der Waals surface area (Å²) in [5.74, 6) is 0.275. The van der Waals surface area contributed by atoms with Crippen molar-refractivity contribution in [1.29, 1.82) is 0 Å². The minimum Gasteiger partial charge on any atom is -0.389 e. The maximum atomic E-state index is 12.7. The van der Waals surface area contributed by atoms with Gasteiger partial charge in [-0.05, 0) is 24.8 Å². The van der Waals surface area contributed by atoms with Gasteiger partial charge in [0, 0.05) is 11.9 Å². The number of carbonyl (C=O) groups excluding carboxylic acids is 1. The SMILES string of the molecule is CCC[C@@H](Cc1ccccc1)N(C(=O)C[C@H](O)/C=C/CCCl)C(=S)S. The molecule has 0 unspecified atom stereocenters. The highest BCUT2D eigenvalue weighted by molar-refractivity contribution is 8.11. The van der Waals surface area contributed by atoms with E-state index in [-0.39, 0.29) is 22.7 Å². The van der Waals surface area contributed by atoms with E-state index in [4.69, 9.17) is 23.8 Å². The minimum absolute atomic E-state index is 0.0194. The average molecular weight is 400 g/mol. The Hall–Kier alpha value is -0.880. The lowest BCUT2D eigenvalue weighted by Crippen LogP contribution is -2.44. The predicted molar refractivity (Wildman–Crippen MR) is 112 cm³/mol.